The number of ether oxygens (including phenoxy) is 1. The zero-order chi connectivity index (χ0) is 13.7. The maximum absolute atomic E-state index is 10.9. The van der Waals surface area contributed by atoms with Crippen molar-refractivity contribution in [2.45, 2.75) is 18.4 Å². The van der Waals surface area contributed by atoms with Crippen LogP contribution in [0.5, 0.6) is 0 Å². The van der Waals surface area contributed by atoms with E-state index in [9.17, 15) is 9.90 Å². The molecule has 1 fully saturated rings. The molecule has 0 saturated carbocycles. The van der Waals surface area contributed by atoms with E-state index in [1.165, 1.54) is 7.11 Å². The van der Waals surface area contributed by atoms with Gasteiger partial charge in [0.05, 0.1) is 12.7 Å². The van der Waals surface area contributed by atoms with E-state index >= 15 is 0 Å². The quantitative estimate of drug-likeness (QED) is 0.578. The first kappa shape index (κ1) is 13.6. The number of methoxy groups -OCH3 is 1. The molecule has 4 nitrogen and oxygen atoms in total. The number of nitrogens with one attached hydrogen (secondary N) is 1. The highest BCUT2D eigenvalue weighted by Gasteiger charge is 2.30. The maximum Gasteiger partial charge on any atom is 0.384 e. The molecule has 1 aromatic rings. The summed E-state index contributed by atoms with van der Waals surface area (Å²) in [6, 6.07) is 7.36. The number of esters is 1. The van der Waals surface area contributed by atoms with Crippen molar-refractivity contribution in [3.8, 4) is 11.8 Å². The molecule has 1 saturated heterocycles. The second-order valence-electron chi connectivity index (χ2n) is 4.60. The van der Waals surface area contributed by atoms with Crippen molar-refractivity contribution in [1.82, 2.24) is 5.32 Å². The molecule has 0 bridgehead atoms. The van der Waals surface area contributed by atoms with E-state index < -0.39 is 11.6 Å². The number of rotatable bonds is 1. The summed E-state index contributed by atoms with van der Waals surface area (Å²) in [6.45, 7) is 1.64. The van der Waals surface area contributed by atoms with Gasteiger partial charge in [-0.25, -0.2) is 4.79 Å². The Morgan fingerprint density at radius 2 is 1.95 bits per heavy atom. The average Bonchev–Trinajstić information content (AvgIpc) is 2.46. The molecule has 0 amide bonds. The molecule has 2 N–H and O–H groups in total. The largest absolute Gasteiger partial charge is 0.459 e. The fraction of sp³-hybridized carbons (Fsp3) is 0.400. The van der Waals surface area contributed by atoms with Crippen molar-refractivity contribution < 1.29 is 14.6 Å². The molecule has 2 rings (SSSR count). The lowest BCUT2D eigenvalue weighted by Crippen LogP contribution is -2.39. The van der Waals surface area contributed by atoms with Gasteiger partial charge in [-0.15, -0.1) is 0 Å². The standard InChI is InChI=1S/C15H17NO3/c1-19-14(17)7-4-12-2-5-13(6-3-12)15(18)8-10-16-11-9-15/h2-3,5-6,16,18H,8-11H2,1H3. The van der Waals surface area contributed by atoms with Crippen LogP contribution in [0.15, 0.2) is 24.3 Å². The van der Waals surface area contributed by atoms with Gasteiger partial charge in [-0.2, -0.15) is 0 Å². The number of hydrogen-bond acceptors (Lipinski definition) is 4. The lowest BCUT2D eigenvalue weighted by molar-refractivity contribution is -0.133. The van der Waals surface area contributed by atoms with Gasteiger partial charge in [-0.3, -0.25) is 0 Å². The second-order valence-corrected chi connectivity index (χ2v) is 4.60. The predicted octanol–water partition coefficient (Wildman–Crippen LogP) is 0.782. The summed E-state index contributed by atoms with van der Waals surface area (Å²) in [5.74, 6) is 4.54. The van der Waals surface area contributed by atoms with Gasteiger partial charge < -0.3 is 15.2 Å². The van der Waals surface area contributed by atoms with Crippen LogP contribution in [-0.4, -0.2) is 31.3 Å². The monoisotopic (exact) mass is 259 g/mol. The zero-order valence-corrected chi connectivity index (χ0v) is 10.9. The van der Waals surface area contributed by atoms with E-state index in [1.54, 1.807) is 0 Å². The summed E-state index contributed by atoms with van der Waals surface area (Å²) >= 11 is 0. The predicted molar refractivity (Wildman–Crippen MR) is 71.3 cm³/mol. The fourth-order valence-electron chi connectivity index (χ4n) is 2.17. The van der Waals surface area contributed by atoms with Crippen LogP contribution in [0, 0.1) is 11.8 Å². The molecule has 1 aromatic carbocycles. The summed E-state index contributed by atoms with van der Waals surface area (Å²) in [4.78, 5) is 10.9. The van der Waals surface area contributed by atoms with Crippen molar-refractivity contribution in [3.05, 3.63) is 35.4 Å². The second kappa shape index (κ2) is 5.87. The highest BCUT2D eigenvalue weighted by atomic mass is 16.5. The number of piperidine rings is 1. The van der Waals surface area contributed by atoms with Gasteiger partial charge in [0.25, 0.3) is 0 Å². The Morgan fingerprint density at radius 1 is 1.32 bits per heavy atom. The summed E-state index contributed by atoms with van der Waals surface area (Å²) in [5.41, 5.74) is 0.879. The normalized spacial score (nSPS) is 17.2. The Balaban J connectivity index is 2.13. The van der Waals surface area contributed by atoms with Crippen LogP contribution in [0.1, 0.15) is 24.0 Å². The number of aliphatic hydroxyl groups is 1. The first-order valence-corrected chi connectivity index (χ1v) is 6.28. The van der Waals surface area contributed by atoms with Crippen molar-refractivity contribution in [1.29, 1.82) is 0 Å². The number of carbonyl (C=O) groups excluding carboxylic acids is 1. The van der Waals surface area contributed by atoms with E-state index in [0.717, 1.165) is 24.2 Å². The lowest BCUT2D eigenvalue weighted by Gasteiger charge is -2.33. The molecule has 0 spiro atoms. The maximum atomic E-state index is 10.9. The minimum absolute atomic E-state index is 0.555. The molecule has 0 aliphatic carbocycles. The van der Waals surface area contributed by atoms with Gasteiger partial charge in [-0.1, -0.05) is 18.1 Å². The van der Waals surface area contributed by atoms with E-state index in [2.05, 4.69) is 21.9 Å². The number of benzene rings is 1. The highest BCUT2D eigenvalue weighted by molar-refractivity contribution is 5.88. The Kier molecular flexibility index (Phi) is 4.20. The van der Waals surface area contributed by atoms with Crippen molar-refractivity contribution in [2.24, 2.45) is 0 Å². The first-order valence-electron chi connectivity index (χ1n) is 6.28. The van der Waals surface area contributed by atoms with Crippen molar-refractivity contribution in [3.63, 3.8) is 0 Å². The third-order valence-corrected chi connectivity index (χ3v) is 3.35. The van der Waals surface area contributed by atoms with Gasteiger partial charge in [0.15, 0.2) is 0 Å². The Hall–Kier alpha value is -1.83. The molecule has 0 atom stereocenters. The zero-order valence-electron chi connectivity index (χ0n) is 10.9. The minimum Gasteiger partial charge on any atom is -0.459 e. The molecular formula is C15H17NO3. The average molecular weight is 259 g/mol. The van der Waals surface area contributed by atoms with Gasteiger partial charge in [-0.05, 0) is 43.6 Å². The SMILES string of the molecule is COC(=O)C#Cc1ccc(C2(O)CCNCC2)cc1. The van der Waals surface area contributed by atoms with E-state index in [-0.39, 0.29) is 0 Å². The van der Waals surface area contributed by atoms with Crippen molar-refractivity contribution >= 4 is 5.97 Å². The van der Waals surface area contributed by atoms with Crippen LogP contribution >= 0.6 is 0 Å². The van der Waals surface area contributed by atoms with Crippen LogP contribution in [0.3, 0.4) is 0 Å². The minimum atomic E-state index is -0.750. The first-order chi connectivity index (χ1) is 9.14. The van der Waals surface area contributed by atoms with Crippen LogP contribution in [-0.2, 0) is 15.1 Å². The lowest BCUT2D eigenvalue weighted by atomic mass is 9.85. The van der Waals surface area contributed by atoms with Crippen LogP contribution in [0.2, 0.25) is 0 Å². The third kappa shape index (κ3) is 3.34. The Morgan fingerprint density at radius 3 is 2.53 bits per heavy atom. The summed E-state index contributed by atoms with van der Waals surface area (Å²) in [6.07, 6.45) is 1.42. The van der Waals surface area contributed by atoms with Crippen LogP contribution < -0.4 is 5.32 Å². The molecule has 100 valence electrons. The number of hydrogen-bond donors (Lipinski definition) is 2. The molecule has 0 aromatic heterocycles. The topological polar surface area (TPSA) is 58.6 Å². The molecule has 1 aliphatic heterocycles. The third-order valence-electron chi connectivity index (χ3n) is 3.35. The van der Waals surface area contributed by atoms with Crippen LogP contribution in [0.4, 0.5) is 0 Å². The van der Waals surface area contributed by atoms with Gasteiger partial charge >= 0.3 is 5.97 Å². The summed E-state index contributed by atoms with van der Waals surface area (Å²) in [5, 5.41) is 13.8. The molecule has 19 heavy (non-hydrogen) atoms. The van der Waals surface area contributed by atoms with Gasteiger partial charge in [0.1, 0.15) is 0 Å². The Bertz CT molecular complexity index is 504. The molecule has 0 radical (unpaired) electrons. The molecular weight excluding hydrogens is 242 g/mol. The molecule has 0 unspecified atom stereocenters. The number of carbonyl (C=O) groups is 1. The van der Waals surface area contributed by atoms with E-state index in [1.807, 2.05) is 24.3 Å². The van der Waals surface area contributed by atoms with Crippen molar-refractivity contribution in [2.75, 3.05) is 20.2 Å². The van der Waals surface area contributed by atoms with E-state index in [4.69, 9.17) is 0 Å². The van der Waals surface area contributed by atoms with Gasteiger partial charge in [0, 0.05) is 11.5 Å². The fourth-order valence-corrected chi connectivity index (χ4v) is 2.17. The Labute approximate surface area is 112 Å². The van der Waals surface area contributed by atoms with Gasteiger partial charge in [0.2, 0.25) is 0 Å². The summed E-state index contributed by atoms with van der Waals surface area (Å²) < 4.78 is 4.45. The smallest absolute Gasteiger partial charge is 0.384 e. The molecule has 4 heteroatoms. The van der Waals surface area contributed by atoms with Crippen LogP contribution in [0.25, 0.3) is 0 Å². The summed E-state index contributed by atoms with van der Waals surface area (Å²) in [7, 11) is 1.30. The molecule has 1 heterocycles. The highest BCUT2D eigenvalue weighted by Crippen LogP contribution is 2.30. The molecule has 1 aliphatic rings. The van der Waals surface area contributed by atoms with E-state index in [0.29, 0.717) is 12.8 Å².